The first kappa shape index (κ1) is 23.7. The minimum atomic E-state index is -0.916. The van der Waals surface area contributed by atoms with Gasteiger partial charge in [0.25, 0.3) is 0 Å². The molecule has 3 heterocycles. The van der Waals surface area contributed by atoms with Gasteiger partial charge in [-0.2, -0.15) is 5.10 Å². The lowest BCUT2D eigenvalue weighted by Crippen LogP contribution is -2.63. The number of anilines is 1. The highest BCUT2D eigenvalue weighted by atomic mass is 16.5. The number of fused-ring (bicyclic) bond motifs is 2. The van der Waals surface area contributed by atoms with E-state index in [1.807, 2.05) is 19.0 Å². The first-order chi connectivity index (χ1) is 17.4. The molecule has 1 aromatic heterocycles. The molecule has 1 saturated carbocycles. The van der Waals surface area contributed by atoms with Crippen molar-refractivity contribution in [3.8, 4) is 0 Å². The van der Waals surface area contributed by atoms with Gasteiger partial charge in [0.15, 0.2) is 5.82 Å². The average Bonchev–Trinajstić information content (AvgIpc) is 3.51. The van der Waals surface area contributed by atoms with Crippen LogP contribution in [0.15, 0.2) is 47.6 Å². The van der Waals surface area contributed by atoms with Crippen molar-refractivity contribution in [3.05, 3.63) is 53.1 Å². The molecule has 7 rings (SSSR count). The third-order valence-corrected chi connectivity index (χ3v) is 11.0. The summed E-state index contributed by atoms with van der Waals surface area (Å²) in [6.45, 7) is 7.07. The molecule has 2 fully saturated rings. The third-order valence-electron chi connectivity index (χ3n) is 11.0. The van der Waals surface area contributed by atoms with Crippen LogP contribution in [0.2, 0.25) is 0 Å². The van der Waals surface area contributed by atoms with E-state index in [1.54, 1.807) is 0 Å². The van der Waals surface area contributed by atoms with E-state index in [0.29, 0.717) is 12.2 Å². The Morgan fingerprint density at radius 1 is 1.16 bits per heavy atom. The minimum absolute atomic E-state index is 0.148. The van der Waals surface area contributed by atoms with Crippen LogP contribution in [0.25, 0.3) is 16.5 Å². The number of aromatic amines is 1. The van der Waals surface area contributed by atoms with E-state index in [9.17, 15) is 10.2 Å². The van der Waals surface area contributed by atoms with Crippen molar-refractivity contribution in [1.82, 2.24) is 15.1 Å². The molecule has 7 heteroatoms. The summed E-state index contributed by atoms with van der Waals surface area (Å²) >= 11 is 0. The van der Waals surface area contributed by atoms with Crippen LogP contribution in [-0.2, 0) is 4.74 Å². The average molecular weight is 503 g/mol. The van der Waals surface area contributed by atoms with E-state index >= 15 is 0 Å². The Morgan fingerprint density at radius 2 is 1.95 bits per heavy atom. The number of nitrogens with zero attached hydrogens (tertiary/aromatic N) is 2. The lowest BCUT2D eigenvalue weighted by Gasteiger charge is -2.60. The Balaban J connectivity index is 1.36. The lowest BCUT2D eigenvalue weighted by atomic mass is 9.49. The summed E-state index contributed by atoms with van der Waals surface area (Å²) < 4.78 is 7.31. The maximum absolute atomic E-state index is 11.3. The number of aliphatic hydroxyl groups is 2. The Kier molecular flexibility index (Phi) is 4.57. The van der Waals surface area contributed by atoms with Crippen LogP contribution in [0.4, 0.5) is 5.82 Å². The van der Waals surface area contributed by atoms with Gasteiger partial charge in [-0.1, -0.05) is 45.1 Å². The van der Waals surface area contributed by atoms with Crippen LogP contribution < -0.4 is 5.73 Å². The molecule has 5 aliphatic rings. The van der Waals surface area contributed by atoms with Crippen LogP contribution in [-0.4, -0.2) is 68.9 Å². The molecule has 37 heavy (non-hydrogen) atoms. The van der Waals surface area contributed by atoms with Crippen LogP contribution in [0.5, 0.6) is 0 Å². The van der Waals surface area contributed by atoms with Crippen molar-refractivity contribution in [2.24, 2.45) is 16.7 Å². The quantitative estimate of drug-likeness (QED) is 0.498. The van der Waals surface area contributed by atoms with E-state index in [2.05, 4.69) is 67.4 Å². The molecule has 1 saturated heterocycles. The number of ether oxygens (including phenoxy) is 1. The summed E-state index contributed by atoms with van der Waals surface area (Å²) in [5.41, 5.74) is 10.4. The molecule has 2 spiro atoms. The molecule has 2 aliphatic heterocycles. The molecule has 1 aromatic carbocycles. The molecule has 2 bridgehead atoms. The number of H-pyrrole nitrogens is 1. The number of aliphatic hydroxyl groups excluding tert-OH is 2. The summed E-state index contributed by atoms with van der Waals surface area (Å²) in [4.78, 5) is 2.03. The molecule has 7 unspecified atom stereocenters. The molecule has 2 aromatic rings. The summed E-state index contributed by atoms with van der Waals surface area (Å²) in [6.07, 6.45) is 8.72. The van der Waals surface area contributed by atoms with Gasteiger partial charge in [-0.3, -0.25) is 5.10 Å². The zero-order valence-corrected chi connectivity index (χ0v) is 22.4. The van der Waals surface area contributed by atoms with Crippen molar-refractivity contribution >= 4 is 22.3 Å². The number of nitrogens with two attached hydrogens (primary N) is 1. The SMILES string of the molecule is CN(C)C1CC23CCC4(O2)C(=CC(C)(C)C2(C)C(c5ccc6c(N)n[nH]c6c5)=CCC42)C=C3C(O)C1O. The van der Waals surface area contributed by atoms with Gasteiger partial charge in [-0.15, -0.1) is 0 Å². The second-order valence-corrected chi connectivity index (χ2v) is 13.1. The van der Waals surface area contributed by atoms with Crippen LogP contribution in [0.3, 0.4) is 0 Å². The Morgan fingerprint density at radius 3 is 2.70 bits per heavy atom. The second-order valence-electron chi connectivity index (χ2n) is 13.1. The van der Waals surface area contributed by atoms with Gasteiger partial charge in [-0.25, -0.2) is 0 Å². The summed E-state index contributed by atoms with van der Waals surface area (Å²) in [5, 5.41) is 30.5. The maximum atomic E-state index is 11.3. The van der Waals surface area contributed by atoms with E-state index in [4.69, 9.17) is 10.5 Å². The smallest absolute Gasteiger partial charge is 0.153 e. The molecule has 7 nitrogen and oxygen atoms in total. The van der Waals surface area contributed by atoms with E-state index in [1.165, 1.54) is 16.7 Å². The standard InChI is InChI=1S/C30H38N4O3/c1-27(2)14-17-13-20-24(35)25(36)22(34(4)5)15-29(20)10-11-30(17,37-29)23-9-8-19(28(23,27)3)16-6-7-18-21(12-16)32-33-26(18)31/h6-8,12-14,22-25,35-36H,9-11,15H2,1-5H3,(H3,31,32,33). The highest BCUT2D eigenvalue weighted by molar-refractivity contribution is 5.91. The predicted molar refractivity (Wildman–Crippen MR) is 145 cm³/mol. The minimum Gasteiger partial charge on any atom is -0.388 e. The van der Waals surface area contributed by atoms with Crippen molar-refractivity contribution in [2.45, 2.75) is 75.9 Å². The van der Waals surface area contributed by atoms with Gasteiger partial charge in [0.1, 0.15) is 6.10 Å². The summed E-state index contributed by atoms with van der Waals surface area (Å²) in [7, 11) is 3.95. The van der Waals surface area contributed by atoms with E-state index in [-0.39, 0.29) is 22.8 Å². The maximum Gasteiger partial charge on any atom is 0.153 e. The van der Waals surface area contributed by atoms with Gasteiger partial charge < -0.3 is 25.6 Å². The second kappa shape index (κ2) is 7.14. The zero-order chi connectivity index (χ0) is 26.1. The van der Waals surface area contributed by atoms with E-state index in [0.717, 1.165) is 35.7 Å². The molecule has 3 aliphatic carbocycles. The molecule has 196 valence electrons. The zero-order valence-electron chi connectivity index (χ0n) is 22.4. The van der Waals surface area contributed by atoms with Gasteiger partial charge >= 0.3 is 0 Å². The number of likely N-dealkylation sites (N-methyl/N-ethyl adjacent to an activating group) is 1. The number of allylic oxidation sites excluding steroid dienone is 3. The topological polar surface area (TPSA) is 108 Å². The molecule has 0 radical (unpaired) electrons. The molecular formula is C30H38N4O3. The number of hydrogen-bond acceptors (Lipinski definition) is 6. The fraction of sp³-hybridized carbons (Fsp3) is 0.567. The van der Waals surface area contributed by atoms with Crippen LogP contribution >= 0.6 is 0 Å². The van der Waals surface area contributed by atoms with Gasteiger partial charge in [0, 0.05) is 22.8 Å². The third kappa shape index (κ3) is 2.73. The van der Waals surface area contributed by atoms with E-state index < -0.39 is 23.4 Å². The van der Waals surface area contributed by atoms with Crippen molar-refractivity contribution in [1.29, 1.82) is 0 Å². The number of nitrogens with one attached hydrogen (secondary N) is 1. The van der Waals surface area contributed by atoms with Crippen LogP contribution in [0, 0.1) is 16.7 Å². The predicted octanol–water partition coefficient (Wildman–Crippen LogP) is 3.80. The Labute approximate surface area is 218 Å². The normalized spacial score (nSPS) is 41.7. The van der Waals surface area contributed by atoms with Crippen LogP contribution in [0.1, 0.15) is 52.0 Å². The highest BCUT2D eigenvalue weighted by Crippen LogP contribution is 2.71. The number of nitrogen functional groups attached to an aromatic ring is 1. The largest absolute Gasteiger partial charge is 0.388 e. The van der Waals surface area contributed by atoms with Crippen molar-refractivity contribution in [3.63, 3.8) is 0 Å². The monoisotopic (exact) mass is 502 g/mol. The highest BCUT2D eigenvalue weighted by Gasteiger charge is 2.70. The first-order valence-electron chi connectivity index (χ1n) is 13.6. The van der Waals surface area contributed by atoms with Crippen molar-refractivity contribution in [2.75, 3.05) is 19.8 Å². The molecule has 5 N–H and O–H groups in total. The molecule has 7 atom stereocenters. The molecular weight excluding hydrogens is 464 g/mol. The number of aromatic nitrogens is 2. The fourth-order valence-corrected chi connectivity index (χ4v) is 8.72. The van der Waals surface area contributed by atoms with Crippen molar-refractivity contribution < 1.29 is 14.9 Å². The van der Waals surface area contributed by atoms with Gasteiger partial charge in [-0.05, 0) is 79.6 Å². The Bertz CT molecular complexity index is 1420. The Hall–Kier alpha value is -2.45. The number of benzene rings is 1. The number of hydrogen-bond donors (Lipinski definition) is 4. The molecule has 0 amide bonds. The first-order valence-corrected chi connectivity index (χ1v) is 13.6. The fourth-order valence-electron chi connectivity index (χ4n) is 8.72. The van der Waals surface area contributed by atoms with Gasteiger partial charge in [0.05, 0.1) is 22.8 Å². The van der Waals surface area contributed by atoms with Gasteiger partial charge in [0.2, 0.25) is 0 Å². The summed E-state index contributed by atoms with van der Waals surface area (Å²) in [5.74, 6) is 0.798. The number of rotatable bonds is 2. The summed E-state index contributed by atoms with van der Waals surface area (Å²) in [6, 6.07) is 6.28. The lowest BCUT2D eigenvalue weighted by molar-refractivity contribution is -0.170.